The van der Waals surface area contributed by atoms with Crippen molar-refractivity contribution in [2.45, 2.75) is 43.7 Å². The van der Waals surface area contributed by atoms with E-state index in [1.165, 1.54) is 11.1 Å². The predicted octanol–water partition coefficient (Wildman–Crippen LogP) is 3.25. The normalized spacial score (nSPS) is 15.9. The third kappa shape index (κ3) is 5.25. The molecule has 0 aliphatic heterocycles. The molecule has 0 radical (unpaired) electrons. The van der Waals surface area contributed by atoms with Crippen LogP contribution in [-0.4, -0.2) is 10.8 Å². The number of nitrogens with two attached hydrogens (primary N) is 1. The first-order valence-electron chi connectivity index (χ1n) is 5.80. The minimum absolute atomic E-state index is 0.394. The third-order valence-corrected chi connectivity index (χ3v) is 3.82. The van der Waals surface area contributed by atoms with Crippen molar-refractivity contribution >= 4 is 11.8 Å². The van der Waals surface area contributed by atoms with Crippen molar-refractivity contribution in [2.24, 2.45) is 5.73 Å². The molecule has 0 bridgehead atoms. The zero-order valence-electron chi connectivity index (χ0n) is 10.7. The Balaban J connectivity index is 2.44. The number of nitrogens with zero attached hydrogens (tertiary/aromatic N) is 1. The Morgan fingerprint density at radius 3 is 2.82 bits per heavy atom. The zero-order chi connectivity index (χ0) is 12.9. The topological polar surface area (TPSA) is 49.8 Å². The summed E-state index contributed by atoms with van der Waals surface area (Å²) < 4.78 is 0. The molecule has 0 aliphatic rings. The standard InChI is InChI=1S/C14H20N2S/c1-11-5-4-6-13(7-11)9-17-12(2)8-14(3,16)10-15/h4-7,12H,8-9,16H2,1-3H3. The Bertz CT molecular complexity index is 407. The van der Waals surface area contributed by atoms with Crippen LogP contribution in [0.25, 0.3) is 0 Å². The lowest BCUT2D eigenvalue weighted by atomic mass is 10.00. The predicted molar refractivity (Wildman–Crippen MR) is 74.8 cm³/mol. The Labute approximate surface area is 108 Å². The van der Waals surface area contributed by atoms with E-state index >= 15 is 0 Å². The van der Waals surface area contributed by atoms with Gasteiger partial charge in [0.05, 0.1) is 6.07 Å². The number of thioether (sulfide) groups is 1. The molecular formula is C14H20N2S. The molecule has 0 saturated carbocycles. The Kier molecular flexibility index (Phi) is 5.04. The molecule has 3 heteroatoms. The van der Waals surface area contributed by atoms with Crippen LogP contribution in [0.1, 0.15) is 31.4 Å². The van der Waals surface area contributed by atoms with Crippen molar-refractivity contribution in [1.29, 1.82) is 5.26 Å². The lowest BCUT2D eigenvalue weighted by Crippen LogP contribution is -2.36. The fourth-order valence-electron chi connectivity index (χ4n) is 1.74. The first kappa shape index (κ1) is 14.1. The van der Waals surface area contributed by atoms with Crippen molar-refractivity contribution in [3.8, 4) is 6.07 Å². The smallest absolute Gasteiger partial charge is 0.102 e. The van der Waals surface area contributed by atoms with E-state index in [9.17, 15) is 0 Å². The van der Waals surface area contributed by atoms with Gasteiger partial charge in [-0.15, -0.1) is 0 Å². The van der Waals surface area contributed by atoms with Crippen LogP contribution in [0.3, 0.4) is 0 Å². The van der Waals surface area contributed by atoms with E-state index in [1.807, 2.05) is 11.8 Å². The second-order valence-electron chi connectivity index (χ2n) is 4.84. The van der Waals surface area contributed by atoms with E-state index in [4.69, 9.17) is 11.0 Å². The minimum atomic E-state index is -0.709. The van der Waals surface area contributed by atoms with Gasteiger partial charge >= 0.3 is 0 Å². The number of hydrogen-bond acceptors (Lipinski definition) is 3. The highest BCUT2D eigenvalue weighted by Gasteiger charge is 2.20. The summed E-state index contributed by atoms with van der Waals surface area (Å²) >= 11 is 1.85. The molecule has 2 N–H and O–H groups in total. The fourth-order valence-corrected chi connectivity index (χ4v) is 2.86. The van der Waals surface area contributed by atoms with E-state index in [0.29, 0.717) is 5.25 Å². The summed E-state index contributed by atoms with van der Waals surface area (Å²) in [6.07, 6.45) is 0.722. The third-order valence-electron chi connectivity index (χ3n) is 2.58. The highest BCUT2D eigenvalue weighted by molar-refractivity contribution is 7.99. The number of rotatable bonds is 5. The maximum Gasteiger partial charge on any atom is 0.102 e. The average Bonchev–Trinajstić information content (AvgIpc) is 2.26. The van der Waals surface area contributed by atoms with Crippen molar-refractivity contribution in [3.05, 3.63) is 35.4 Å². The van der Waals surface area contributed by atoms with Crippen LogP contribution < -0.4 is 5.73 Å². The van der Waals surface area contributed by atoms with E-state index < -0.39 is 5.54 Å². The first-order chi connectivity index (χ1) is 7.93. The summed E-state index contributed by atoms with van der Waals surface area (Å²) in [5.74, 6) is 0.977. The first-order valence-corrected chi connectivity index (χ1v) is 6.85. The van der Waals surface area contributed by atoms with E-state index in [2.05, 4.69) is 44.2 Å². The number of hydrogen-bond donors (Lipinski definition) is 1. The molecule has 1 aromatic rings. The number of aryl methyl sites for hydroxylation is 1. The minimum Gasteiger partial charge on any atom is -0.314 e. The second-order valence-corrected chi connectivity index (χ2v) is 6.27. The van der Waals surface area contributed by atoms with Crippen molar-refractivity contribution in [2.75, 3.05) is 0 Å². The monoisotopic (exact) mass is 248 g/mol. The summed E-state index contributed by atoms with van der Waals surface area (Å²) in [6.45, 7) is 6.02. The maximum atomic E-state index is 8.88. The lowest BCUT2D eigenvalue weighted by Gasteiger charge is -2.20. The maximum absolute atomic E-state index is 8.88. The summed E-state index contributed by atoms with van der Waals surface area (Å²) in [7, 11) is 0. The number of benzene rings is 1. The molecule has 2 atom stereocenters. The SMILES string of the molecule is Cc1cccc(CSC(C)CC(C)(N)C#N)c1. The fraction of sp³-hybridized carbons (Fsp3) is 0.500. The van der Waals surface area contributed by atoms with E-state index in [1.54, 1.807) is 6.92 Å². The van der Waals surface area contributed by atoms with Gasteiger partial charge in [-0.1, -0.05) is 36.8 Å². The summed E-state index contributed by atoms with van der Waals surface area (Å²) in [5, 5.41) is 9.27. The highest BCUT2D eigenvalue weighted by atomic mass is 32.2. The van der Waals surface area contributed by atoms with Gasteiger partial charge in [0.1, 0.15) is 5.54 Å². The van der Waals surface area contributed by atoms with Crippen LogP contribution >= 0.6 is 11.8 Å². The van der Waals surface area contributed by atoms with Crippen LogP contribution in [0.5, 0.6) is 0 Å². The molecule has 0 spiro atoms. The van der Waals surface area contributed by atoms with Gasteiger partial charge in [0, 0.05) is 11.0 Å². The summed E-state index contributed by atoms with van der Waals surface area (Å²) in [4.78, 5) is 0. The van der Waals surface area contributed by atoms with Gasteiger partial charge < -0.3 is 5.73 Å². The molecular weight excluding hydrogens is 228 g/mol. The van der Waals surface area contributed by atoms with Crippen LogP contribution in [0.15, 0.2) is 24.3 Å². The molecule has 0 saturated heterocycles. The van der Waals surface area contributed by atoms with Crippen molar-refractivity contribution < 1.29 is 0 Å². The summed E-state index contributed by atoms with van der Waals surface area (Å²) in [6, 6.07) is 10.7. The molecule has 2 nitrogen and oxygen atoms in total. The summed E-state index contributed by atoms with van der Waals surface area (Å²) in [5.41, 5.74) is 7.75. The molecule has 92 valence electrons. The van der Waals surface area contributed by atoms with Gasteiger partial charge in [0.15, 0.2) is 0 Å². The van der Waals surface area contributed by atoms with Gasteiger partial charge in [-0.05, 0) is 25.8 Å². The molecule has 0 fully saturated rings. The van der Waals surface area contributed by atoms with Crippen molar-refractivity contribution in [1.82, 2.24) is 0 Å². The van der Waals surface area contributed by atoms with Gasteiger partial charge in [0.25, 0.3) is 0 Å². The molecule has 17 heavy (non-hydrogen) atoms. The molecule has 0 heterocycles. The van der Waals surface area contributed by atoms with Crippen molar-refractivity contribution in [3.63, 3.8) is 0 Å². The molecule has 0 amide bonds. The Morgan fingerprint density at radius 1 is 1.53 bits per heavy atom. The lowest BCUT2D eigenvalue weighted by molar-refractivity contribution is 0.545. The zero-order valence-corrected chi connectivity index (χ0v) is 11.6. The molecule has 2 unspecified atom stereocenters. The quantitative estimate of drug-likeness (QED) is 0.870. The molecule has 0 aromatic heterocycles. The van der Waals surface area contributed by atoms with E-state index in [0.717, 1.165) is 12.2 Å². The van der Waals surface area contributed by atoms with Crippen LogP contribution in [0.2, 0.25) is 0 Å². The molecule has 1 rings (SSSR count). The van der Waals surface area contributed by atoms with Gasteiger partial charge in [-0.3, -0.25) is 0 Å². The second kappa shape index (κ2) is 6.09. The highest BCUT2D eigenvalue weighted by Crippen LogP contribution is 2.23. The van der Waals surface area contributed by atoms with Crippen LogP contribution in [-0.2, 0) is 5.75 Å². The Hall–Kier alpha value is -0.980. The van der Waals surface area contributed by atoms with Crippen LogP contribution in [0.4, 0.5) is 0 Å². The Morgan fingerprint density at radius 2 is 2.24 bits per heavy atom. The van der Waals surface area contributed by atoms with Gasteiger partial charge in [-0.2, -0.15) is 17.0 Å². The van der Waals surface area contributed by atoms with Gasteiger partial charge in [0.2, 0.25) is 0 Å². The largest absolute Gasteiger partial charge is 0.314 e. The van der Waals surface area contributed by atoms with Crippen LogP contribution in [0, 0.1) is 18.3 Å². The molecule has 1 aromatic carbocycles. The van der Waals surface area contributed by atoms with E-state index in [-0.39, 0.29) is 0 Å². The number of nitriles is 1. The molecule has 0 aliphatic carbocycles. The average molecular weight is 248 g/mol. The van der Waals surface area contributed by atoms with Gasteiger partial charge in [-0.25, -0.2) is 0 Å².